The second-order valence-corrected chi connectivity index (χ2v) is 11.4. The van der Waals surface area contributed by atoms with Gasteiger partial charge in [-0.3, -0.25) is 30.4 Å². The Labute approximate surface area is 201 Å². The number of benzene rings is 2. The van der Waals surface area contributed by atoms with Gasteiger partial charge in [0, 0.05) is 31.3 Å². The summed E-state index contributed by atoms with van der Waals surface area (Å²) in [5.41, 5.74) is 1.47. The molecule has 0 saturated carbocycles. The molecule has 0 spiro atoms. The number of nitro groups is 2. The molecule has 35 heavy (non-hydrogen) atoms. The Bertz CT molecular complexity index is 1310. The van der Waals surface area contributed by atoms with Crippen LogP contribution in [0.15, 0.2) is 58.3 Å². The third kappa shape index (κ3) is 7.01. The number of nitrogens with one attached hydrogen (secondary N) is 2. The van der Waals surface area contributed by atoms with Gasteiger partial charge in [0.25, 0.3) is 27.3 Å². The number of hydrogen-bond donors (Lipinski definition) is 2. The Morgan fingerprint density at radius 2 is 1.31 bits per heavy atom. The standard InChI is InChI=1S/C19H23N5O9S2/c1-13(2)12-18(21-34(30,31)16-8-4-14(5-9-16)23(26)27)19(25)20-22(3)35(32,33)17-10-6-15(7-11-17)24(28)29/h4-11,13,18,21H,12H2,1-3H3,(H,20,25)/t18-/m0/s1. The van der Waals surface area contributed by atoms with Gasteiger partial charge in [-0.2, -0.15) is 4.72 Å². The van der Waals surface area contributed by atoms with Gasteiger partial charge in [0.1, 0.15) is 6.04 Å². The normalized spacial score (nSPS) is 12.9. The van der Waals surface area contributed by atoms with Crippen molar-refractivity contribution in [2.45, 2.75) is 36.1 Å². The van der Waals surface area contributed by atoms with E-state index in [1.54, 1.807) is 13.8 Å². The van der Waals surface area contributed by atoms with E-state index in [-0.39, 0.29) is 33.5 Å². The van der Waals surface area contributed by atoms with Crippen LogP contribution in [0.25, 0.3) is 0 Å². The summed E-state index contributed by atoms with van der Waals surface area (Å²) in [6, 6.07) is 6.60. The van der Waals surface area contributed by atoms with Gasteiger partial charge >= 0.3 is 0 Å². The number of amides is 1. The monoisotopic (exact) mass is 529 g/mol. The maximum absolute atomic E-state index is 12.8. The van der Waals surface area contributed by atoms with Crippen LogP contribution in [0.1, 0.15) is 20.3 Å². The van der Waals surface area contributed by atoms with Crippen LogP contribution in [0.5, 0.6) is 0 Å². The van der Waals surface area contributed by atoms with Gasteiger partial charge in [-0.1, -0.05) is 13.8 Å². The van der Waals surface area contributed by atoms with E-state index in [1.165, 1.54) is 0 Å². The Hall–Kier alpha value is -3.47. The van der Waals surface area contributed by atoms with Crippen molar-refractivity contribution >= 4 is 37.3 Å². The zero-order chi connectivity index (χ0) is 26.6. The van der Waals surface area contributed by atoms with E-state index in [0.29, 0.717) is 4.41 Å². The molecule has 0 fully saturated rings. The van der Waals surface area contributed by atoms with E-state index in [9.17, 15) is 41.9 Å². The molecule has 1 amide bonds. The number of non-ortho nitro benzene ring substituents is 2. The third-order valence-electron chi connectivity index (χ3n) is 4.65. The molecule has 0 aliphatic rings. The second-order valence-electron chi connectivity index (χ2n) is 7.75. The summed E-state index contributed by atoms with van der Waals surface area (Å²) < 4.78 is 53.7. The highest BCUT2D eigenvalue weighted by Gasteiger charge is 2.30. The largest absolute Gasteiger partial charge is 0.274 e. The number of sulfonamides is 2. The Morgan fingerprint density at radius 3 is 1.71 bits per heavy atom. The SMILES string of the molecule is CC(C)C[C@H](NS(=O)(=O)c1ccc([N+](=O)[O-])cc1)C(=O)NN(C)S(=O)(=O)c1ccc([N+](=O)[O-])cc1. The number of rotatable bonds is 11. The van der Waals surface area contributed by atoms with Crippen molar-refractivity contribution in [1.29, 1.82) is 0 Å². The predicted octanol–water partition coefficient (Wildman–Crippen LogP) is 1.55. The first kappa shape index (κ1) is 27.8. The third-order valence-corrected chi connectivity index (χ3v) is 7.82. The molecular formula is C19H23N5O9S2. The first-order valence-corrected chi connectivity index (χ1v) is 12.9. The molecule has 14 nitrogen and oxygen atoms in total. The highest BCUT2D eigenvalue weighted by Crippen LogP contribution is 2.19. The summed E-state index contributed by atoms with van der Waals surface area (Å²) >= 11 is 0. The fourth-order valence-electron chi connectivity index (χ4n) is 2.87. The summed E-state index contributed by atoms with van der Waals surface area (Å²) in [4.78, 5) is 32.3. The molecule has 0 bridgehead atoms. The summed E-state index contributed by atoms with van der Waals surface area (Å²) in [7, 11) is -7.58. The highest BCUT2D eigenvalue weighted by molar-refractivity contribution is 7.89. The van der Waals surface area contributed by atoms with E-state index >= 15 is 0 Å². The van der Waals surface area contributed by atoms with Crippen LogP contribution in [0.4, 0.5) is 11.4 Å². The van der Waals surface area contributed by atoms with Crippen molar-refractivity contribution in [2.24, 2.45) is 5.92 Å². The van der Waals surface area contributed by atoms with E-state index in [0.717, 1.165) is 55.6 Å². The van der Waals surface area contributed by atoms with Crippen LogP contribution in [0, 0.1) is 26.1 Å². The first-order chi connectivity index (χ1) is 16.1. The van der Waals surface area contributed by atoms with E-state index in [4.69, 9.17) is 0 Å². The van der Waals surface area contributed by atoms with Crippen LogP contribution in [0.3, 0.4) is 0 Å². The average Bonchev–Trinajstić information content (AvgIpc) is 2.78. The second kappa shape index (κ2) is 10.9. The zero-order valence-electron chi connectivity index (χ0n) is 18.8. The van der Waals surface area contributed by atoms with E-state index < -0.39 is 41.8 Å². The quantitative estimate of drug-likeness (QED) is 0.320. The number of carbonyl (C=O) groups is 1. The fraction of sp³-hybridized carbons (Fsp3) is 0.316. The molecule has 1 atom stereocenters. The minimum atomic E-state index is -4.31. The highest BCUT2D eigenvalue weighted by atomic mass is 32.2. The average molecular weight is 530 g/mol. The number of nitrogens with zero attached hydrogens (tertiary/aromatic N) is 3. The van der Waals surface area contributed by atoms with Gasteiger partial charge in [0.2, 0.25) is 10.0 Å². The van der Waals surface area contributed by atoms with Gasteiger partial charge in [0.15, 0.2) is 0 Å². The lowest BCUT2D eigenvalue weighted by atomic mass is 10.0. The summed E-state index contributed by atoms with van der Waals surface area (Å²) in [6.45, 7) is 3.44. The van der Waals surface area contributed by atoms with Crippen molar-refractivity contribution in [3.63, 3.8) is 0 Å². The maximum atomic E-state index is 12.8. The van der Waals surface area contributed by atoms with Crippen LogP contribution in [0.2, 0.25) is 0 Å². The van der Waals surface area contributed by atoms with Crippen molar-refractivity contribution in [2.75, 3.05) is 7.05 Å². The van der Waals surface area contributed by atoms with Gasteiger partial charge in [-0.05, 0) is 36.6 Å². The van der Waals surface area contributed by atoms with Gasteiger partial charge in [-0.25, -0.2) is 16.8 Å². The smallest absolute Gasteiger partial charge is 0.269 e. The molecule has 190 valence electrons. The van der Waals surface area contributed by atoms with Crippen LogP contribution < -0.4 is 10.1 Å². The van der Waals surface area contributed by atoms with Crippen LogP contribution >= 0.6 is 0 Å². The number of nitro benzene ring substituents is 2. The van der Waals surface area contributed by atoms with Crippen molar-refractivity contribution in [3.8, 4) is 0 Å². The van der Waals surface area contributed by atoms with Gasteiger partial charge in [-0.15, -0.1) is 4.41 Å². The van der Waals surface area contributed by atoms with Crippen LogP contribution in [-0.4, -0.2) is 50.1 Å². The van der Waals surface area contributed by atoms with Crippen molar-refractivity contribution < 1.29 is 31.5 Å². The number of hydrazine groups is 1. The Kier molecular flexibility index (Phi) is 8.61. The molecule has 0 saturated heterocycles. The minimum absolute atomic E-state index is 0.00344. The molecule has 2 rings (SSSR count). The van der Waals surface area contributed by atoms with Gasteiger partial charge in [0.05, 0.1) is 19.6 Å². The maximum Gasteiger partial charge on any atom is 0.269 e. The lowest BCUT2D eigenvalue weighted by molar-refractivity contribution is -0.385. The molecule has 0 heterocycles. The molecule has 2 N–H and O–H groups in total. The van der Waals surface area contributed by atoms with Crippen molar-refractivity contribution in [3.05, 3.63) is 68.8 Å². The van der Waals surface area contributed by atoms with E-state index in [2.05, 4.69) is 10.1 Å². The fourth-order valence-corrected chi connectivity index (χ4v) is 5.09. The summed E-state index contributed by atoms with van der Waals surface area (Å²) in [6.07, 6.45) is 0.00344. The number of hydrogen-bond acceptors (Lipinski definition) is 9. The molecular weight excluding hydrogens is 506 g/mol. The van der Waals surface area contributed by atoms with E-state index in [1.807, 2.05) is 0 Å². The molecule has 16 heteroatoms. The molecule has 0 aliphatic carbocycles. The lowest BCUT2D eigenvalue weighted by Gasteiger charge is -2.24. The molecule has 0 aliphatic heterocycles. The topological polar surface area (TPSA) is 199 Å². The molecule has 2 aromatic rings. The van der Waals surface area contributed by atoms with Crippen LogP contribution in [-0.2, 0) is 24.8 Å². The first-order valence-electron chi connectivity index (χ1n) is 9.96. The molecule has 0 radical (unpaired) electrons. The Morgan fingerprint density at radius 1 is 0.886 bits per heavy atom. The summed E-state index contributed by atoms with van der Waals surface area (Å²) in [5, 5.41) is 21.6. The molecule has 0 unspecified atom stereocenters. The molecule has 0 aromatic heterocycles. The molecule has 2 aromatic carbocycles. The zero-order valence-corrected chi connectivity index (χ0v) is 20.4. The van der Waals surface area contributed by atoms with Crippen molar-refractivity contribution in [1.82, 2.24) is 14.6 Å². The lowest BCUT2D eigenvalue weighted by Crippen LogP contribution is -2.53. The number of carbonyl (C=O) groups excluding carboxylic acids is 1. The predicted molar refractivity (Wildman–Crippen MR) is 123 cm³/mol. The minimum Gasteiger partial charge on any atom is -0.274 e. The van der Waals surface area contributed by atoms with Gasteiger partial charge < -0.3 is 0 Å². The summed E-state index contributed by atoms with van der Waals surface area (Å²) in [5.74, 6) is -1.15. The Balaban J connectivity index is 2.24.